The van der Waals surface area contributed by atoms with Crippen molar-refractivity contribution in [2.45, 2.75) is 19.3 Å². The number of phenols is 4. The van der Waals surface area contributed by atoms with E-state index >= 15 is 0 Å². The molecule has 3 rings (SSSR count). The summed E-state index contributed by atoms with van der Waals surface area (Å²) in [6.07, 6.45) is 1.41. The highest BCUT2D eigenvalue weighted by atomic mass is 16.3. The zero-order chi connectivity index (χ0) is 16.9. The standard InChI is InChI=1S/C18H16O5/c1-18(2)11(9-3-4-13(20)14(21)5-9)8-16(23)17-12(18)6-10(19)7-15(17)22/h3-8,19-22H,1-2H3. The number of fused-ring (bicyclic) bond motifs is 1. The van der Waals surface area contributed by atoms with E-state index in [-0.39, 0.29) is 34.3 Å². The maximum absolute atomic E-state index is 12.4. The van der Waals surface area contributed by atoms with E-state index in [0.29, 0.717) is 16.7 Å². The summed E-state index contributed by atoms with van der Waals surface area (Å²) in [6.45, 7) is 3.71. The van der Waals surface area contributed by atoms with Gasteiger partial charge in [-0.1, -0.05) is 19.9 Å². The Labute approximate surface area is 132 Å². The van der Waals surface area contributed by atoms with Crippen LogP contribution in [-0.4, -0.2) is 26.2 Å². The molecule has 5 heteroatoms. The van der Waals surface area contributed by atoms with E-state index in [0.717, 1.165) is 6.07 Å². The van der Waals surface area contributed by atoms with Crippen molar-refractivity contribution in [3.05, 3.63) is 53.1 Å². The van der Waals surface area contributed by atoms with Crippen LogP contribution in [0.3, 0.4) is 0 Å². The van der Waals surface area contributed by atoms with Crippen LogP contribution in [0, 0.1) is 0 Å². The molecule has 0 fully saturated rings. The third-order valence-corrected chi connectivity index (χ3v) is 4.26. The monoisotopic (exact) mass is 312 g/mol. The number of hydrogen-bond acceptors (Lipinski definition) is 5. The van der Waals surface area contributed by atoms with Crippen LogP contribution in [0.25, 0.3) is 5.57 Å². The maximum atomic E-state index is 12.4. The molecule has 1 aliphatic carbocycles. The Morgan fingerprint density at radius 2 is 1.57 bits per heavy atom. The Morgan fingerprint density at radius 1 is 0.870 bits per heavy atom. The summed E-state index contributed by atoms with van der Waals surface area (Å²) in [5, 5.41) is 38.9. The molecule has 0 saturated carbocycles. The second-order valence-corrected chi connectivity index (χ2v) is 6.14. The number of benzene rings is 2. The quantitative estimate of drug-likeness (QED) is 0.607. The molecule has 4 N–H and O–H groups in total. The number of allylic oxidation sites excluding steroid dienone is 2. The molecule has 0 bridgehead atoms. The lowest BCUT2D eigenvalue weighted by Gasteiger charge is -2.34. The van der Waals surface area contributed by atoms with Crippen molar-refractivity contribution in [3.8, 4) is 23.0 Å². The third-order valence-electron chi connectivity index (χ3n) is 4.26. The highest BCUT2D eigenvalue weighted by Crippen LogP contribution is 2.47. The molecule has 1 aliphatic rings. The summed E-state index contributed by atoms with van der Waals surface area (Å²) in [5.74, 6) is -1.29. The summed E-state index contributed by atoms with van der Waals surface area (Å²) >= 11 is 0. The number of aromatic hydroxyl groups is 4. The second kappa shape index (κ2) is 4.78. The zero-order valence-corrected chi connectivity index (χ0v) is 12.7. The van der Waals surface area contributed by atoms with E-state index in [1.165, 1.54) is 24.3 Å². The lowest BCUT2D eigenvalue weighted by Crippen LogP contribution is -2.27. The van der Waals surface area contributed by atoms with Crippen LogP contribution in [0.2, 0.25) is 0 Å². The smallest absolute Gasteiger partial charge is 0.190 e. The third kappa shape index (κ3) is 2.21. The normalized spacial score (nSPS) is 15.9. The number of ketones is 1. The van der Waals surface area contributed by atoms with Crippen LogP contribution in [0.1, 0.15) is 35.3 Å². The van der Waals surface area contributed by atoms with Crippen molar-refractivity contribution < 1.29 is 25.2 Å². The Bertz CT molecular complexity index is 862. The van der Waals surface area contributed by atoms with Crippen LogP contribution in [-0.2, 0) is 5.41 Å². The van der Waals surface area contributed by atoms with Crippen molar-refractivity contribution in [3.63, 3.8) is 0 Å². The van der Waals surface area contributed by atoms with Gasteiger partial charge in [-0.15, -0.1) is 0 Å². The first-order valence-corrected chi connectivity index (χ1v) is 7.07. The van der Waals surface area contributed by atoms with Gasteiger partial charge in [0.05, 0.1) is 5.56 Å². The molecule has 0 saturated heterocycles. The fourth-order valence-corrected chi connectivity index (χ4v) is 3.03. The molecule has 5 nitrogen and oxygen atoms in total. The number of rotatable bonds is 1. The summed E-state index contributed by atoms with van der Waals surface area (Å²) in [4.78, 5) is 12.4. The average Bonchev–Trinajstić information content (AvgIpc) is 2.45. The lowest BCUT2D eigenvalue weighted by atomic mass is 9.68. The number of hydrogen-bond donors (Lipinski definition) is 4. The average molecular weight is 312 g/mol. The predicted octanol–water partition coefficient (Wildman–Crippen LogP) is 3.07. The van der Waals surface area contributed by atoms with Gasteiger partial charge in [0, 0.05) is 11.5 Å². The number of phenolic OH excluding ortho intramolecular Hbond substituents is 4. The summed E-state index contributed by atoms with van der Waals surface area (Å²) in [6, 6.07) is 6.92. The van der Waals surface area contributed by atoms with Crippen molar-refractivity contribution in [2.75, 3.05) is 0 Å². The molecule has 0 unspecified atom stereocenters. The van der Waals surface area contributed by atoms with Crippen LogP contribution in [0.4, 0.5) is 0 Å². The molecule has 0 aliphatic heterocycles. The summed E-state index contributed by atoms with van der Waals surface area (Å²) < 4.78 is 0. The first-order chi connectivity index (χ1) is 10.7. The Balaban J connectivity index is 2.25. The van der Waals surface area contributed by atoms with Crippen LogP contribution in [0.5, 0.6) is 23.0 Å². The van der Waals surface area contributed by atoms with Crippen molar-refractivity contribution in [1.82, 2.24) is 0 Å². The van der Waals surface area contributed by atoms with Crippen molar-refractivity contribution >= 4 is 11.4 Å². The Hall–Kier alpha value is -2.95. The van der Waals surface area contributed by atoms with E-state index < -0.39 is 5.41 Å². The van der Waals surface area contributed by atoms with E-state index in [4.69, 9.17) is 0 Å². The number of carbonyl (C=O) groups is 1. The predicted molar refractivity (Wildman–Crippen MR) is 84.9 cm³/mol. The first-order valence-electron chi connectivity index (χ1n) is 7.07. The Morgan fingerprint density at radius 3 is 2.22 bits per heavy atom. The van der Waals surface area contributed by atoms with Crippen LogP contribution in [0.15, 0.2) is 36.4 Å². The molecule has 0 spiro atoms. The van der Waals surface area contributed by atoms with E-state index in [1.54, 1.807) is 6.07 Å². The molecule has 0 radical (unpaired) electrons. The molecule has 2 aromatic rings. The highest BCUT2D eigenvalue weighted by molar-refractivity contribution is 6.15. The molecule has 0 atom stereocenters. The SMILES string of the molecule is CC1(C)C(c2ccc(O)c(O)c2)=CC(=O)c2c(O)cc(O)cc21. The van der Waals surface area contributed by atoms with Gasteiger partial charge in [-0.2, -0.15) is 0 Å². The fourth-order valence-electron chi connectivity index (χ4n) is 3.03. The van der Waals surface area contributed by atoms with Crippen molar-refractivity contribution in [2.24, 2.45) is 0 Å². The molecule has 118 valence electrons. The zero-order valence-electron chi connectivity index (χ0n) is 12.7. The van der Waals surface area contributed by atoms with Gasteiger partial charge in [-0.05, 0) is 41.0 Å². The van der Waals surface area contributed by atoms with Gasteiger partial charge in [-0.3, -0.25) is 4.79 Å². The van der Waals surface area contributed by atoms with Gasteiger partial charge in [0.25, 0.3) is 0 Å². The van der Waals surface area contributed by atoms with E-state index in [9.17, 15) is 25.2 Å². The topological polar surface area (TPSA) is 98.0 Å². The largest absolute Gasteiger partial charge is 0.508 e. The van der Waals surface area contributed by atoms with Gasteiger partial charge < -0.3 is 20.4 Å². The van der Waals surface area contributed by atoms with E-state index in [2.05, 4.69) is 0 Å². The Kier molecular flexibility index (Phi) is 3.11. The minimum atomic E-state index is -0.692. The van der Waals surface area contributed by atoms with Gasteiger partial charge in [-0.25, -0.2) is 0 Å². The molecule has 0 heterocycles. The molecule has 2 aromatic carbocycles. The first kappa shape index (κ1) is 15.0. The van der Waals surface area contributed by atoms with E-state index in [1.807, 2.05) is 13.8 Å². The van der Waals surface area contributed by atoms with Crippen LogP contribution >= 0.6 is 0 Å². The lowest BCUT2D eigenvalue weighted by molar-refractivity contribution is 0.104. The molecular weight excluding hydrogens is 296 g/mol. The van der Waals surface area contributed by atoms with Crippen molar-refractivity contribution in [1.29, 1.82) is 0 Å². The summed E-state index contributed by atoms with van der Waals surface area (Å²) in [5.41, 5.74) is 1.18. The van der Waals surface area contributed by atoms with Gasteiger partial charge in [0.2, 0.25) is 0 Å². The molecule has 23 heavy (non-hydrogen) atoms. The van der Waals surface area contributed by atoms with Gasteiger partial charge in [0.15, 0.2) is 17.3 Å². The molecule has 0 aromatic heterocycles. The molecule has 0 amide bonds. The highest BCUT2D eigenvalue weighted by Gasteiger charge is 2.37. The second-order valence-electron chi connectivity index (χ2n) is 6.14. The fraction of sp³-hybridized carbons (Fsp3) is 0.167. The van der Waals surface area contributed by atoms with Gasteiger partial charge in [0.1, 0.15) is 11.5 Å². The maximum Gasteiger partial charge on any atom is 0.190 e. The van der Waals surface area contributed by atoms with Gasteiger partial charge >= 0.3 is 0 Å². The van der Waals surface area contributed by atoms with Crippen LogP contribution < -0.4 is 0 Å². The molecular formula is C18H16O5. The minimum Gasteiger partial charge on any atom is -0.508 e. The summed E-state index contributed by atoms with van der Waals surface area (Å²) in [7, 11) is 0. The number of carbonyl (C=O) groups excluding carboxylic acids is 1. The minimum absolute atomic E-state index is 0.128.